The van der Waals surface area contributed by atoms with Gasteiger partial charge in [0, 0.05) is 39.2 Å². The molecule has 5 nitrogen and oxygen atoms in total. The van der Waals surface area contributed by atoms with Crippen LogP contribution in [0.1, 0.15) is 31.0 Å². The second-order valence-corrected chi connectivity index (χ2v) is 6.57. The lowest BCUT2D eigenvalue weighted by molar-refractivity contribution is 0.108. The number of aliphatic imine (C=N–C) groups is 1. The highest BCUT2D eigenvalue weighted by Crippen LogP contribution is 2.09. The summed E-state index contributed by atoms with van der Waals surface area (Å²) in [4.78, 5) is 10.9. The fourth-order valence-electron chi connectivity index (χ4n) is 1.88. The third-order valence-electron chi connectivity index (χ3n) is 2.84. The van der Waals surface area contributed by atoms with Crippen molar-refractivity contribution in [2.75, 3.05) is 33.9 Å². The van der Waals surface area contributed by atoms with Gasteiger partial charge in [-0.3, -0.25) is 4.99 Å². The van der Waals surface area contributed by atoms with Gasteiger partial charge in [0.1, 0.15) is 0 Å². The van der Waals surface area contributed by atoms with Gasteiger partial charge in [0.2, 0.25) is 0 Å². The van der Waals surface area contributed by atoms with Gasteiger partial charge in [0.05, 0.1) is 17.2 Å². The van der Waals surface area contributed by atoms with E-state index in [2.05, 4.69) is 39.4 Å². The first-order valence-corrected chi connectivity index (χ1v) is 8.31. The molecule has 0 saturated heterocycles. The minimum atomic E-state index is 0. The van der Waals surface area contributed by atoms with E-state index in [1.54, 1.807) is 18.4 Å². The lowest BCUT2D eigenvalue weighted by atomic mass is 10.2. The first-order valence-electron chi connectivity index (χ1n) is 7.43. The van der Waals surface area contributed by atoms with E-state index in [0.717, 1.165) is 49.4 Å². The van der Waals surface area contributed by atoms with Crippen LogP contribution in [0.3, 0.4) is 0 Å². The van der Waals surface area contributed by atoms with E-state index < -0.39 is 0 Å². The van der Waals surface area contributed by atoms with Crippen molar-refractivity contribution < 1.29 is 4.74 Å². The van der Waals surface area contributed by atoms with Crippen molar-refractivity contribution in [2.24, 2.45) is 10.9 Å². The Morgan fingerprint density at radius 3 is 2.77 bits per heavy atom. The number of thiazole rings is 1. The average molecular weight is 440 g/mol. The van der Waals surface area contributed by atoms with Gasteiger partial charge in [-0.15, -0.1) is 35.3 Å². The van der Waals surface area contributed by atoms with Crippen molar-refractivity contribution >= 4 is 41.3 Å². The molecular formula is C15H29IN4OS. The number of halogens is 1. The van der Waals surface area contributed by atoms with Crippen molar-refractivity contribution in [3.05, 3.63) is 16.1 Å². The van der Waals surface area contributed by atoms with Gasteiger partial charge in [0.15, 0.2) is 5.96 Å². The summed E-state index contributed by atoms with van der Waals surface area (Å²) in [7, 11) is 3.83. The van der Waals surface area contributed by atoms with Crippen LogP contribution < -0.4 is 5.32 Å². The molecule has 0 atom stereocenters. The first-order chi connectivity index (χ1) is 10.0. The normalized spacial score (nSPS) is 11.5. The molecule has 1 aromatic heterocycles. The third-order valence-corrected chi connectivity index (χ3v) is 3.66. The summed E-state index contributed by atoms with van der Waals surface area (Å²) in [5, 5.41) is 6.55. The molecule has 1 aromatic rings. The van der Waals surface area contributed by atoms with E-state index in [1.807, 2.05) is 14.0 Å². The smallest absolute Gasteiger partial charge is 0.193 e. The van der Waals surface area contributed by atoms with Crippen LogP contribution >= 0.6 is 35.3 Å². The number of rotatable bonds is 8. The SMILES string of the molecule is CN=C(NCCCOCC(C)C)N(C)Cc1csc(C)n1.I. The molecule has 0 amide bonds. The Balaban J connectivity index is 0.00000441. The number of hydrogen-bond donors (Lipinski definition) is 1. The molecular weight excluding hydrogens is 411 g/mol. The second kappa shape index (κ2) is 12.1. The van der Waals surface area contributed by atoms with E-state index in [9.17, 15) is 0 Å². The Bertz CT molecular complexity index is 437. The summed E-state index contributed by atoms with van der Waals surface area (Å²) in [6, 6.07) is 0. The van der Waals surface area contributed by atoms with Crippen LogP contribution in [0.5, 0.6) is 0 Å². The lowest BCUT2D eigenvalue weighted by Crippen LogP contribution is -2.39. The zero-order valence-corrected chi connectivity index (χ0v) is 17.4. The van der Waals surface area contributed by atoms with Crippen LogP contribution in [0.2, 0.25) is 0 Å². The van der Waals surface area contributed by atoms with Crippen LogP contribution in [0.4, 0.5) is 0 Å². The number of nitrogens with zero attached hydrogens (tertiary/aromatic N) is 3. The monoisotopic (exact) mass is 440 g/mol. The van der Waals surface area contributed by atoms with Crippen molar-refractivity contribution in [1.82, 2.24) is 15.2 Å². The van der Waals surface area contributed by atoms with Gasteiger partial charge < -0.3 is 15.0 Å². The predicted octanol–water partition coefficient (Wildman–Crippen LogP) is 3.14. The molecule has 1 rings (SSSR count). The summed E-state index contributed by atoms with van der Waals surface area (Å²) in [6.07, 6.45) is 0.982. The second-order valence-electron chi connectivity index (χ2n) is 5.51. The maximum absolute atomic E-state index is 5.57. The van der Waals surface area contributed by atoms with Gasteiger partial charge in [-0.2, -0.15) is 0 Å². The van der Waals surface area contributed by atoms with Gasteiger partial charge in [-0.05, 0) is 19.3 Å². The lowest BCUT2D eigenvalue weighted by Gasteiger charge is -2.21. The molecule has 0 saturated carbocycles. The Morgan fingerprint density at radius 1 is 1.50 bits per heavy atom. The zero-order chi connectivity index (χ0) is 15.7. The fraction of sp³-hybridized carbons (Fsp3) is 0.733. The molecule has 0 aliphatic carbocycles. The summed E-state index contributed by atoms with van der Waals surface area (Å²) < 4.78 is 5.57. The average Bonchev–Trinajstić information content (AvgIpc) is 2.82. The molecule has 22 heavy (non-hydrogen) atoms. The molecule has 1 N–H and O–H groups in total. The van der Waals surface area contributed by atoms with E-state index in [0.29, 0.717) is 5.92 Å². The van der Waals surface area contributed by atoms with Crippen LogP contribution in [0, 0.1) is 12.8 Å². The van der Waals surface area contributed by atoms with Crippen LogP contribution in [0.25, 0.3) is 0 Å². The predicted molar refractivity (Wildman–Crippen MR) is 105 cm³/mol. The number of aromatic nitrogens is 1. The van der Waals surface area contributed by atoms with E-state index >= 15 is 0 Å². The van der Waals surface area contributed by atoms with Gasteiger partial charge >= 0.3 is 0 Å². The number of hydrogen-bond acceptors (Lipinski definition) is 4. The number of nitrogens with one attached hydrogen (secondary N) is 1. The summed E-state index contributed by atoms with van der Waals surface area (Å²) in [6.45, 7) is 9.61. The first kappa shape index (κ1) is 21.6. The number of ether oxygens (including phenoxy) is 1. The maximum atomic E-state index is 5.57. The summed E-state index contributed by atoms with van der Waals surface area (Å²) in [5.41, 5.74) is 1.09. The molecule has 7 heteroatoms. The molecule has 0 radical (unpaired) electrons. The largest absolute Gasteiger partial charge is 0.381 e. The third kappa shape index (κ3) is 8.89. The van der Waals surface area contributed by atoms with Gasteiger partial charge in [0.25, 0.3) is 0 Å². The number of aryl methyl sites for hydroxylation is 1. The Labute approximate surface area is 155 Å². The topological polar surface area (TPSA) is 49.8 Å². The van der Waals surface area contributed by atoms with Crippen LogP contribution in [-0.2, 0) is 11.3 Å². The van der Waals surface area contributed by atoms with E-state index in [4.69, 9.17) is 4.74 Å². The van der Waals surface area contributed by atoms with Crippen LogP contribution in [0.15, 0.2) is 10.4 Å². The van der Waals surface area contributed by atoms with Crippen molar-refractivity contribution in [1.29, 1.82) is 0 Å². The van der Waals surface area contributed by atoms with Gasteiger partial charge in [-0.1, -0.05) is 13.8 Å². The molecule has 0 fully saturated rings. The Hall–Kier alpha value is -0.410. The molecule has 0 unspecified atom stereocenters. The summed E-state index contributed by atoms with van der Waals surface area (Å²) in [5.74, 6) is 1.49. The maximum Gasteiger partial charge on any atom is 0.193 e. The highest BCUT2D eigenvalue weighted by molar-refractivity contribution is 14.0. The molecule has 0 aromatic carbocycles. The Morgan fingerprint density at radius 2 is 2.23 bits per heavy atom. The molecule has 0 aliphatic heterocycles. The van der Waals surface area contributed by atoms with Crippen molar-refractivity contribution in [3.8, 4) is 0 Å². The van der Waals surface area contributed by atoms with Crippen LogP contribution in [-0.4, -0.2) is 49.7 Å². The standard InChI is InChI=1S/C15H28N4OS.HI/c1-12(2)10-20-8-6-7-17-15(16-4)19(5)9-14-11-21-13(3)18-14;/h11-12H,6-10H2,1-5H3,(H,16,17);1H. The highest BCUT2D eigenvalue weighted by Gasteiger charge is 2.08. The van der Waals surface area contributed by atoms with Crippen molar-refractivity contribution in [3.63, 3.8) is 0 Å². The molecule has 1 heterocycles. The summed E-state index contributed by atoms with van der Waals surface area (Å²) >= 11 is 1.68. The van der Waals surface area contributed by atoms with E-state index in [1.165, 1.54) is 0 Å². The molecule has 0 aliphatic rings. The highest BCUT2D eigenvalue weighted by atomic mass is 127. The van der Waals surface area contributed by atoms with Gasteiger partial charge in [-0.25, -0.2) is 4.98 Å². The van der Waals surface area contributed by atoms with Crippen molar-refractivity contribution in [2.45, 2.75) is 33.7 Å². The van der Waals surface area contributed by atoms with E-state index in [-0.39, 0.29) is 24.0 Å². The number of guanidine groups is 1. The molecule has 128 valence electrons. The minimum absolute atomic E-state index is 0. The quantitative estimate of drug-likeness (QED) is 0.292. The minimum Gasteiger partial charge on any atom is -0.381 e. The Kier molecular flexibility index (Phi) is 11.8. The fourth-order valence-corrected chi connectivity index (χ4v) is 2.48. The molecule has 0 spiro atoms. The zero-order valence-electron chi connectivity index (χ0n) is 14.3. The molecule has 0 bridgehead atoms.